The first-order valence-electron chi connectivity index (χ1n) is 11.3. The fourth-order valence-corrected chi connectivity index (χ4v) is 4.63. The van der Waals surface area contributed by atoms with E-state index >= 15 is 0 Å². The molecule has 5 aromatic rings. The highest BCUT2D eigenvalue weighted by Gasteiger charge is 2.16. The molecule has 0 radical (unpaired) electrons. The van der Waals surface area contributed by atoms with Crippen molar-refractivity contribution in [2.75, 3.05) is 5.32 Å². The molecule has 0 unspecified atom stereocenters. The van der Waals surface area contributed by atoms with Gasteiger partial charge in [-0.2, -0.15) is 0 Å². The van der Waals surface area contributed by atoms with E-state index in [4.69, 9.17) is 39.8 Å². The van der Waals surface area contributed by atoms with Gasteiger partial charge in [-0.1, -0.05) is 67.4 Å². The minimum absolute atomic E-state index is 0.145. The van der Waals surface area contributed by atoms with Crippen molar-refractivity contribution < 1.29 is 9.21 Å². The second-order valence-corrected chi connectivity index (χ2v) is 9.87. The Morgan fingerprint density at radius 2 is 1.72 bits per heavy atom. The van der Waals surface area contributed by atoms with Gasteiger partial charge in [-0.25, -0.2) is 4.98 Å². The highest BCUT2D eigenvalue weighted by atomic mass is 35.5. The van der Waals surface area contributed by atoms with Gasteiger partial charge in [-0.3, -0.25) is 10.1 Å². The minimum Gasteiger partial charge on any atom is -0.436 e. The summed E-state index contributed by atoms with van der Waals surface area (Å²) in [6, 6.07) is 22.1. The Kier molecular flexibility index (Phi) is 6.67. The fraction of sp³-hybridized carbons (Fsp3) is 0.107. The van der Waals surface area contributed by atoms with Crippen LogP contribution in [0.2, 0.25) is 10.0 Å². The lowest BCUT2D eigenvalue weighted by atomic mass is 10.0. The summed E-state index contributed by atoms with van der Waals surface area (Å²) in [5.41, 5.74) is 4.35. The number of carbonyl (C=O) groups excluding carboxylic acids is 1. The molecule has 0 saturated carbocycles. The predicted octanol–water partition coefficient (Wildman–Crippen LogP) is 8.21. The van der Waals surface area contributed by atoms with E-state index in [2.05, 4.69) is 29.5 Å². The Balaban J connectivity index is 1.37. The van der Waals surface area contributed by atoms with E-state index in [1.54, 1.807) is 36.4 Å². The van der Waals surface area contributed by atoms with E-state index < -0.39 is 0 Å². The van der Waals surface area contributed by atoms with Crippen LogP contribution in [0.1, 0.15) is 35.7 Å². The number of anilines is 1. The number of fused-ring (bicyclic) bond motifs is 2. The maximum Gasteiger partial charge on any atom is 0.258 e. The molecule has 5 nitrogen and oxygen atoms in total. The van der Waals surface area contributed by atoms with Crippen LogP contribution in [0.4, 0.5) is 5.69 Å². The number of amides is 1. The lowest BCUT2D eigenvalue weighted by Crippen LogP contribution is -2.34. The van der Waals surface area contributed by atoms with Gasteiger partial charge in [0.05, 0.1) is 10.6 Å². The van der Waals surface area contributed by atoms with E-state index in [0.29, 0.717) is 44.3 Å². The van der Waals surface area contributed by atoms with Crippen LogP contribution in [0.25, 0.3) is 33.3 Å². The topological polar surface area (TPSA) is 67.2 Å². The molecule has 1 amide bonds. The third kappa shape index (κ3) is 4.80. The van der Waals surface area contributed by atoms with Gasteiger partial charge in [0.15, 0.2) is 10.7 Å². The Labute approximate surface area is 223 Å². The highest BCUT2D eigenvalue weighted by Crippen LogP contribution is 2.33. The van der Waals surface area contributed by atoms with Gasteiger partial charge in [0.2, 0.25) is 5.89 Å². The van der Waals surface area contributed by atoms with Crippen molar-refractivity contribution in [2.24, 2.45) is 0 Å². The summed E-state index contributed by atoms with van der Waals surface area (Å²) in [5, 5.41) is 8.53. The van der Waals surface area contributed by atoms with Gasteiger partial charge in [0, 0.05) is 21.7 Å². The Morgan fingerprint density at radius 1 is 0.944 bits per heavy atom. The number of halogens is 2. The Bertz CT molecular complexity index is 1650. The normalized spacial score (nSPS) is 11.2. The van der Waals surface area contributed by atoms with Crippen molar-refractivity contribution in [1.82, 2.24) is 10.3 Å². The zero-order chi connectivity index (χ0) is 25.4. The van der Waals surface area contributed by atoms with Crippen LogP contribution in [-0.2, 0) is 0 Å². The van der Waals surface area contributed by atoms with Crippen molar-refractivity contribution in [3.8, 4) is 11.5 Å². The third-order valence-electron chi connectivity index (χ3n) is 5.87. The number of hydrogen-bond donors (Lipinski definition) is 2. The molecule has 0 saturated heterocycles. The summed E-state index contributed by atoms with van der Waals surface area (Å²) in [7, 11) is 0. The standard InChI is InChI=1S/C28H21Cl2N3O2S/c1-15(2)16-9-12-25-24(13-16)32-27(35-25)21-14-17(10-11-23(21)30)31-28(36)33-26(34)20-7-3-6-19-18(20)5-4-8-22(19)29/h3-15H,1-2H3,(H2,31,33,34,36). The highest BCUT2D eigenvalue weighted by molar-refractivity contribution is 7.80. The van der Waals surface area contributed by atoms with E-state index in [0.717, 1.165) is 16.3 Å². The molecule has 0 spiro atoms. The summed E-state index contributed by atoms with van der Waals surface area (Å²) in [5.74, 6) is 0.448. The van der Waals surface area contributed by atoms with Gasteiger partial charge in [-0.05, 0) is 71.6 Å². The lowest BCUT2D eigenvalue weighted by molar-refractivity contribution is 0.0979. The number of aromatic nitrogens is 1. The lowest BCUT2D eigenvalue weighted by Gasteiger charge is -2.12. The monoisotopic (exact) mass is 533 g/mol. The van der Waals surface area contributed by atoms with Crippen LogP contribution in [0.15, 0.2) is 77.2 Å². The molecule has 0 aliphatic heterocycles. The molecule has 180 valence electrons. The molecule has 1 heterocycles. The van der Waals surface area contributed by atoms with Gasteiger partial charge in [0.25, 0.3) is 5.91 Å². The molecule has 0 aliphatic rings. The number of benzene rings is 4. The number of nitrogens with one attached hydrogen (secondary N) is 2. The summed E-state index contributed by atoms with van der Waals surface area (Å²) in [6.45, 7) is 4.26. The van der Waals surface area contributed by atoms with Crippen molar-refractivity contribution in [3.63, 3.8) is 0 Å². The first-order chi connectivity index (χ1) is 17.3. The van der Waals surface area contributed by atoms with Crippen LogP contribution in [0.5, 0.6) is 0 Å². The number of hydrogen-bond acceptors (Lipinski definition) is 4. The Morgan fingerprint density at radius 3 is 2.53 bits per heavy atom. The number of oxazole rings is 1. The molecule has 2 N–H and O–H groups in total. The molecule has 8 heteroatoms. The van der Waals surface area contributed by atoms with Crippen LogP contribution in [0.3, 0.4) is 0 Å². The SMILES string of the molecule is CC(C)c1ccc2oc(-c3cc(NC(=S)NC(=O)c4cccc5c(Cl)cccc45)ccc3Cl)nc2c1. The van der Waals surface area contributed by atoms with Crippen molar-refractivity contribution >= 4 is 74.0 Å². The van der Waals surface area contributed by atoms with Crippen LogP contribution in [-0.4, -0.2) is 16.0 Å². The largest absolute Gasteiger partial charge is 0.436 e. The average Bonchev–Trinajstić information content (AvgIpc) is 3.28. The van der Waals surface area contributed by atoms with Gasteiger partial charge >= 0.3 is 0 Å². The predicted molar refractivity (Wildman–Crippen MR) is 151 cm³/mol. The maximum atomic E-state index is 13.0. The van der Waals surface area contributed by atoms with E-state index in [-0.39, 0.29) is 11.0 Å². The second-order valence-electron chi connectivity index (χ2n) is 8.64. The molecule has 0 bridgehead atoms. The number of thiocarbonyl (C=S) groups is 1. The van der Waals surface area contributed by atoms with E-state index in [1.165, 1.54) is 5.56 Å². The van der Waals surface area contributed by atoms with E-state index in [1.807, 2.05) is 36.4 Å². The summed E-state index contributed by atoms with van der Waals surface area (Å²) >= 11 is 18.2. The van der Waals surface area contributed by atoms with Crippen molar-refractivity contribution in [1.29, 1.82) is 0 Å². The Hall–Kier alpha value is -3.45. The maximum absolute atomic E-state index is 13.0. The zero-order valence-electron chi connectivity index (χ0n) is 19.4. The molecule has 0 aliphatic carbocycles. The smallest absolute Gasteiger partial charge is 0.258 e. The van der Waals surface area contributed by atoms with Gasteiger partial charge in [-0.15, -0.1) is 0 Å². The molecule has 36 heavy (non-hydrogen) atoms. The molecule has 1 aromatic heterocycles. The number of carbonyl (C=O) groups is 1. The third-order valence-corrected chi connectivity index (χ3v) is 6.74. The molecular formula is C28H21Cl2N3O2S. The van der Waals surface area contributed by atoms with Gasteiger partial charge < -0.3 is 9.73 Å². The van der Waals surface area contributed by atoms with Crippen molar-refractivity contribution in [3.05, 3.63) is 94.0 Å². The summed E-state index contributed by atoms with van der Waals surface area (Å²) < 4.78 is 5.97. The molecule has 4 aromatic carbocycles. The minimum atomic E-state index is -0.338. The first kappa shape index (κ1) is 24.3. The quantitative estimate of drug-likeness (QED) is 0.228. The number of nitrogens with zero attached hydrogens (tertiary/aromatic N) is 1. The van der Waals surface area contributed by atoms with Gasteiger partial charge in [0.1, 0.15) is 5.52 Å². The second kappa shape index (κ2) is 9.90. The molecule has 0 atom stereocenters. The molecular weight excluding hydrogens is 513 g/mol. The number of rotatable bonds is 4. The van der Waals surface area contributed by atoms with Crippen LogP contribution in [0, 0.1) is 0 Å². The van der Waals surface area contributed by atoms with Crippen molar-refractivity contribution in [2.45, 2.75) is 19.8 Å². The zero-order valence-corrected chi connectivity index (χ0v) is 21.8. The molecule has 5 rings (SSSR count). The van der Waals surface area contributed by atoms with Crippen LogP contribution < -0.4 is 10.6 Å². The average molecular weight is 534 g/mol. The first-order valence-corrected chi connectivity index (χ1v) is 12.5. The summed E-state index contributed by atoms with van der Waals surface area (Å²) in [4.78, 5) is 17.6. The molecule has 0 fully saturated rings. The van der Waals surface area contributed by atoms with E-state index in [9.17, 15) is 4.79 Å². The fourth-order valence-electron chi connectivity index (χ4n) is 3.99. The summed E-state index contributed by atoms with van der Waals surface area (Å²) in [6.07, 6.45) is 0. The van der Waals surface area contributed by atoms with Crippen LogP contribution >= 0.6 is 35.4 Å².